The van der Waals surface area contributed by atoms with Gasteiger partial charge < -0.3 is 0 Å². The fourth-order valence-electron chi connectivity index (χ4n) is 0.847. The monoisotopic (exact) mass is 238 g/mol. The Balaban J connectivity index is 3.66. The fraction of sp³-hybridized carbons (Fsp3) is 1.00. The summed E-state index contributed by atoms with van der Waals surface area (Å²) in [6.45, 7) is 10.3. The molecule has 0 aliphatic carbocycles. The van der Waals surface area contributed by atoms with Crippen molar-refractivity contribution in [3.8, 4) is 0 Å². The van der Waals surface area contributed by atoms with Crippen LogP contribution in [-0.2, 0) is 14.3 Å². The molecule has 0 aliphatic heterocycles. The molecule has 0 aromatic rings. The largest absolute Gasteiger partial charge is 0.271 e. The predicted octanol–water partition coefficient (Wildman–Crippen LogP) is 1.64. The second kappa shape index (κ2) is 5.48. The maximum atomic E-state index is 10.7. The van der Waals surface area contributed by atoms with E-state index in [-0.39, 0.29) is 7.80 Å². The van der Waals surface area contributed by atoms with Gasteiger partial charge in [-0.1, -0.05) is 27.4 Å². The third-order valence-electron chi connectivity index (χ3n) is 2.08. The molecular weight excluding hydrogens is 218 g/mol. The van der Waals surface area contributed by atoms with Gasteiger partial charge in [-0.3, -0.25) is 4.18 Å². The molecule has 84 valence electrons. The van der Waals surface area contributed by atoms with E-state index in [2.05, 4.69) is 31.6 Å². The average molecular weight is 238 g/mol. The molecule has 0 rings (SSSR count). The molecule has 0 saturated heterocycles. The van der Waals surface area contributed by atoms with E-state index in [4.69, 9.17) is 0 Å². The van der Waals surface area contributed by atoms with Crippen molar-refractivity contribution in [3.63, 3.8) is 0 Å². The van der Waals surface area contributed by atoms with E-state index in [1.807, 2.05) is 0 Å². The summed E-state index contributed by atoms with van der Waals surface area (Å²) in [6.07, 6.45) is 1.91. The summed E-state index contributed by atoms with van der Waals surface area (Å²) < 4.78 is 26.0. The first-order chi connectivity index (χ1) is 6.13. The van der Waals surface area contributed by atoms with Gasteiger partial charge in [-0.15, -0.1) is 7.80 Å². The van der Waals surface area contributed by atoms with E-state index in [0.29, 0.717) is 11.8 Å². The normalized spacial score (nSPS) is 15.2. The fourth-order valence-corrected chi connectivity index (χ4v) is 2.54. The lowest BCUT2D eigenvalue weighted by molar-refractivity contribution is 0.342. The highest BCUT2D eigenvalue weighted by atomic mass is 32.2. The molecular formula is C8H20BO3PS. The van der Waals surface area contributed by atoms with Crippen molar-refractivity contribution >= 4 is 24.9 Å². The van der Waals surface area contributed by atoms with Crippen LogP contribution in [0.4, 0.5) is 0 Å². The molecule has 0 fully saturated rings. The molecule has 0 N–H and O–H groups in total. The zero-order valence-corrected chi connectivity index (χ0v) is 11.4. The Bertz CT molecular complexity index is 258. The number of hydrogen-bond acceptors (Lipinski definition) is 3. The highest BCUT2D eigenvalue weighted by Gasteiger charge is 2.19. The van der Waals surface area contributed by atoms with Crippen molar-refractivity contribution in [3.05, 3.63) is 0 Å². The number of rotatable bonds is 5. The van der Waals surface area contributed by atoms with Crippen LogP contribution in [0, 0.1) is 0 Å². The first kappa shape index (κ1) is 14.4. The van der Waals surface area contributed by atoms with E-state index in [1.165, 1.54) is 0 Å². The molecule has 0 spiro atoms. The van der Waals surface area contributed by atoms with E-state index >= 15 is 0 Å². The summed E-state index contributed by atoms with van der Waals surface area (Å²) >= 11 is 0. The van der Waals surface area contributed by atoms with Crippen LogP contribution in [0.25, 0.3) is 0 Å². The molecule has 6 heteroatoms. The lowest BCUT2D eigenvalue weighted by Gasteiger charge is -2.27. The van der Waals surface area contributed by atoms with Crippen molar-refractivity contribution in [2.75, 3.05) is 19.5 Å². The Kier molecular flexibility index (Phi) is 5.64. The van der Waals surface area contributed by atoms with Gasteiger partial charge in [-0.25, -0.2) is 0 Å². The molecule has 0 bridgehead atoms. The third kappa shape index (κ3) is 7.78. The van der Waals surface area contributed by atoms with Gasteiger partial charge in [0.15, 0.2) is 7.00 Å². The van der Waals surface area contributed by atoms with Gasteiger partial charge >= 0.3 is 0 Å². The van der Waals surface area contributed by atoms with Gasteiger partial charge in [0, 0.05) is 0 Å². The summed E-state index contributed by atoms with van der Waals surface area (Å²) in [6, 6.07) is 0. The van der Waals surface area contributed by atoms with Crippen LogP contribution in [0.2, 0.25) is 6.32 Å². The van der Waals surface area contributed by atoms with Gasteiger partial charge in [-0.05, 0) is 11.5 Å². The van der Waals surface area contributed by atoms with E-state index in [1.54, 1.807) is 0 Å². The Hall–Kier alpha value is 0.405. The minimum atomic E-state index is -3.25. The molecule has 0 aromatic heterocycles. The van der Waals surface area contributed by atoms with E-state index in [0.717, 1.165) is 19.6 Å². The minimum absolute atomic E-state index is 0.0439. The molecule has 14 heavy (non-hydrogen) atoms. The SMILES string of the molecule is CP(BCCOS(C)(=O)=O)C(C)(C)C. The van der Waals surface area contributed by atoms with Crippen molar-refractivity contribution in [1.82, 2.24) is 0 Å². The second-order valence-corrected chi connectivity index (χ2v) is 9.30. The van der Waals surface area contributed by atoms with Crippen molar-refractivity contribution in [2.45, 2.75) is 32.2 Å². The van der Waals surface area contributed by atoms with Crippen LogP contribution >= 0.6 is 7.80 Å². The molecule has 0 saturated carbocycles. The van der Waals surface area contributed by atoms with E-state index < -0.39 is 10.1 Å². The van der Waals surface area contributed by atoms with Crippen LogP contribution < -0.4 is 0 Å². The lowest BCUT2D eigenvalue weighted by atomic mass is 10.0. The first-order valence-electron chi connectivity index (χ1n) is 4.68. The third-order valence-corrected chi connectivity index (χ3v) is 5.95. The van der Waals surface area contributed by atoms with Crippen molar-refractivity contribution in [2.24, 2.45) is 0 Å². The van der Waals surface area contributed by atoms with Gasteiger partial charge in [0.2, 0.25) is 0 Å². The standard InChI is InChI=1S/C8H20BO3PS/c1-8(2,3)13(4)9-6-7-12-14(5,10)11/h9H,6-7H2,1-5H3. The smallest absolute Gasteiger partial charge is 0.264 e. The highest BCUT2D eigenvalue weighted by Crippen LogP contribution is 2.44. The van der Waals surface area contributed by atoms with Crippen LogP contribution in [0.1, 0.15) is 20.8 Å². The quantitative estimate of drug-likeness (QED) is 0.316. The molecule has 0 heterocycles. The minimum Gasteiger partial charge on any atom is -0.271 e. The Morgan fingerprint density at radius 3 is 2.21 bits per heavy atom. The lowest BCUT2D eigenvalue weighted by Crippen LogP contribution is -2.15. The Labute approximate surface area is 89.7 Å². The van der Waals surface area contributed by atoms with Gasteiger partial charge in [0.05, 0.1) is 12.9 Å². The maximum Gasteiger partial charge on any atom is 0.264 e. The average Bonchev–Trinajstić information content (AvgIpc) is 1.93. The molecule has 0 amide bonds. The Morgan fingerprint density at radius 2 is 1.86 bits per heavy atom. The summed E-state index contributed by atoms with van der Waals surface area (Å²) in [5.74, 6) is 0. The topological polar surface area (TPSA) is 43.4 Å². The van der Waals surface area contributed by atoms with Gasteiger partial charge in [-0.2, -0.15) is 8.42 Å². The van der Waals surface area contributed by atoms with Crippen LogP contribution in [0.15, 0.2) is 0 Å². The van der Waals surface area contributed by atoms with E-state index in [9.17, 15) is 8.42 Å². The molecule has 1 atom stereocenters. The molecule has 0 aromatic carbocycles. The summed E-state index contributed by atoms with van der Waals surface area (Å²) in [5.41, 5.74) is 0. The molecule has 1 unspecified atom stereocenters. The summed E-state index contributed by atoms with van der Waals surface area (Å²) in [5, 5.41) is 0.348. The Morgan fingerprint density at radius 1 is 1.36 bits per heavy atom. The zero-order chi connectivity index (χ0) is 11.4. The first-order valence-corrected chi connectivity index (χ1v) is 8.47. The second-order valence-electron chi connectivity index (χ2n) is 4.47. The maximum absolute atomic E-state index is 10.7. The van der Waals surface area contributed by atoms with Crippen LogP contribution in [-0.4, -0.2) is 40.1 Å². The van der Waals surface area contributed by atoms with Crippen molar-refractivity contribution in [1.29, 1.82) is 0 Å². The van der Waals surface area contributed by atoms with Crippen molar-refractivity contribution < 1.29 is 12.6 Å². The van der Waals surface area contributed by atoms with Gasteiger partial charge in [0.1, 0.15) is 0 Å². The summed E-state index contributed by atoms with van der Waals surface area (Å²) in [4.78, 5) is 0. The summed E-state index contributed by atoms with van der Waals surface area (Å²) in [7, 11) is -3.29. The number of hydrogen-bond donors (Lipinski definition) is 0. The van der Waals surface area contributed by atoms with Gasteiger partial charge in [0.25, 0.3) is 10.1 Å². The predicted molar refractivity (Wildman–Crippen MR) is 65.3 cm³/mol. The van der Waals surface area contributed by atoms with Crippen LogP contribution in [0.5, 0.6) is 0 Å². The zero-order valence-electron chi connectivity index (χ0n) is 9.70. The molecule has 0 aliphatic rings. The van der Waals surface area contributed by atoms with Crippen LogP contribution in [0.3, 0.4) is 0 Å². The molecule has 0 radical (unpaired) electrons. The highest BCUT2D eigenvalue weighted by molar-refractivity contribution is 7.86. The molecule has 3 nitrogen and oxygen atoms in total.